The molecule has 20 heavy (non-hydrogen) atoms. The molecule has 0 aromatic heterocycles. The van der Waals surface area contributed by atoms with Crippen LogP contribution in [0.3, 0.4) is 0 Å². The number of anilines is 1. The highest BCUT2D eigenvalue weighted by Crippen LogP contribution is 2.30. The second-order valence-corrected chi connectivity index (χ2v) is 6.22. The third kappa shape index (κ3) is 3.93. The average Bonchev–Trinajstić information content (AvgIpc) is 2.81. The Morgan fingerprint density at radius 3 is 2.60 bits per heavy atom. The van der Waals surface area contributed by atoms with Gasteiger partial charge >= 0.3 is 0 Å². The van der Waals surface area contributed by atoms with E-state index < -0.39 is 5.60 Å². The van der Waals surface area contributed by atoms with Crippen LogP contribution in [0.1, 0.15) is 45.1 Å². The molecule has 0 atom stereocenters. The third-order valence-corrected chi connectivity index (χ3v) is 3.61. The predicted molar refractivity (Wildman–Crippen MR) is 79.0 cm³/mol. The lowest BCUT2D eigenvalue weighted by atomic mass is 9.98. The second-order valence-electron chi connectivity index (χ2n) is 6.22. The molecule has 110 valence electrons. The van der Waals surface area contributed by atoms with E-state index in [0.29, 0.717) is 18.2 Å². The van der Waals surface area contributed by atoms with E-state index in [9.17, 15) is 15.2 Å². The molecule has 0 saturated heterocycles. The number of nitro benzene ring substituents is 1. The summed E-state index contributed by atoms with van der Waals surface area (Å²) >= 11 is 0. The van der Waals surface area contributed by atoms with Crippen LogP contribution in [0.4, 0.5) is 11.4 Å². The molecule has 1 aromatic rings. The highest BCUT2D eigenvalue weighted by atomic mass is 16.6. The molecule has 1 aliphatic rings. The summed E-state index contributed by atoms with van der Waals surface area (Å²) in [5, 5.41) is 24.3. The van der Waals surface area contributed by atoms with Gasteiger partial charge in [-0.15, -0.1) is 0 Å². The average molecular weight is 278 g/mol. The van der Waals surface area contributed by atoms with Crippen LogP contribution in [-0.2, 0) is 6.42 Å². The van der Waals surface area contributed by atoms with E-state index in [1.165, 1.54) is 12.8 Å². The van der Waals surface area contributed by atoms with Crippen molar-refractivity contribution >= 4 is 11.4 Å². The van der Waals surface area contributed by atoms with Crippen LogP contribution in [0.25, 0.3) is 0 Å². The number of nitro groups is 1. The molecule has 2 rings (SSSR count). The van der Waals surface area contributed by atoms with Gasteiger partial charge in [0.1, 0.15) is 5.69 Å². The first kappa shape index (κ1) is 14.8. The molecule has 5 nitrogen and oxygen atoms in total. The van der Waals surface area contributed by atoms with Crippen molar-refractivity contribution in [2.45, 2.75) is 57.6 Å². The van der Waals surface area contributed by atoms with Crippen LogP contribution < -0.4 is 5.32 Å². The molecule has 1 saturated carbocycles. The van der Waals surface area contributed by atoms with E-state index in [2.05, 4.69) is 5.32 Å². The van der Waals surface area contributed by atoms with Crippen LogP contribution >= 0.6 is 0 Å². The van der Waals surface area contributed by atoms with Crippen molar-refractivity contribution in [1.29, 1.82) is 0 Å². The van der Waals surface area contributed by atoms with Gasteiger partial charge in [0.25, 0.3) is 5.69 Å². The maximum absolute atomic E-state index is 11.2. The fourth-order valence-electron chi connectivity index (χ4n) is 2.75. The maximum atomic E-state index is 11.2. The third-order valence-electron chi connectivity index (χ3n) is 3.61. The van der Waals surface area contributed by atoms with E-state index in [4.69, 9.17) is 0 Å². The molecule has 0 unspecified atom stereocenters. The molecule has 0 heterocycles. The van der Waals surface area contributed by atoms with Crippen LogP contribution in [0.15, 0.2) is 18.2 Å². The van der Waals surface area contributed by atoms with Gasteiger partial charge in [0, 0.05) is 18.5 Å². The summed E-state index contributed by atoms with van der Waals surface area (Å²) < 4.78 is 0. The highest BCUT2D eigenvalue weighted by Gasteiger charge is 2.22. The monoisotopic (exact) mass is 278 g/mol. The Kier molecular flexibility index (Phi) is 4.28. The Morgan fingerprint density at radius 2 is 2.05 bits per heavy atom. The predicted octanol–water partition coefficient (Wildman–Crippen LogP) is 3.26. The molecule has 0 spiro atoms. The molecular formula is C15H22N2O3. The summed E-state index contributed by atoms with van der Waals surface area (Å²) in [5.74, 6) is 0. The van der Waals surface area contributed by atoms with E-state index in [1.807, 2.05) is 6.07 Å². The summed E-state index contributed by atoms with van der Waals surface area (Å²) in [6.45, 7) is 3.40. The summed E-state index contributed by atoms with van der Waals surface area (Å²) in [5.41, 5.74) is 0.593. The first-order valence-electron chi connectivity index (χ1n) is 7.11. The van der Waals surface area contributed by atoms with E-state index >= 15 is 0 Å². The Balaban J connectivity index is 2.21. The van der Waals surface area contributed by atoms with Crippen molar-refractivity contribution in [2.75, 3.05) is 5.32 Å². The molecule has 0 radical (unpaired) electrons. The second kappa shape index (κ2) is 5.79. The lowest BCUT2D eigenvalue weighted by Gasteiger charge is -2.18. The van der Waals surface area contributed by atoms with E-state index in [-0.39, 0.29) is 10.6 Å². The lowest BCUT2D eigenvalue weighted by Crippen LogP contribution is -2.22. The zero-order valence-corrected chi connectivity index (χ0v) is 12.1. The number of hydrogen-bond acceptors (Lipinski definition) is 4. The maximum Gasteiger partial charge on any atom is 0.292 e. The fraction of sp³-hybridized carbons (Fsp3) is 0.600. The number of benzene rings is 1. The number of nitrogens with one attached hydrogen (secondary N) is 1. The first-order valence-corrected chi connectivity index (χ1v) is 7.11. The molecular weight excluding hydrogens is 256 g/mol. The van der Waals surface area contributed by atoms with Crippen molar-refractivity contribution < 1.29 is 10.0 Å². The largest absolute Gasteiger partial charge is 0.390 e. The zero-order chi connectivity index (χ0) is 14.8. The van der Waals surface area contributed by atoms with Gasteiger partial charge in [0.05, 0.1) is 10.5 Å². The van der Waals surface area contributed by atoms with Gasteiger partial charge < -0.3 is 10.4 Å². The van der Waals surface area contributed by atoms with Gasteiger partial charge in [-0.3, -0.25) is 10.1 Å². The topological polar surface area (TPSA) is 75.4 Å². The SMILES string of the molecule is CC(C)(O)Cc1ccc(NC2CCCC2)c([N+](=O)[O-])c1. The number of hydrogen-bond donors (Lipinski definition) is 2. The molecule has 1 aromatic carbocycles. The zero-order valence-electron chi connectivity index (χ0n) is 12.1. The van der Waals surface area contributed by atoms with Crippen LogP contribution in [0, 0.1) is 10.1 Å². The molecule has 2 N–H and O–H groups in total. The number of nitrogens with zero attached hydrogens (tertiary/aromatic N) is 1. The minimum absolute atomic E-state index is 0.0960. The normalized spacial score (nSPS) is 16.4. The van der Waals surface area contributed by atoms with Gasteiger partial charge in [0.15, 0.2) is 0 Å². The van der Waals surface area contributed by atoms with Crippen LogP contribution in [0.2, 0.25) is 0 Å². The summed E-state index contributed by atoms with van der Waals surface area (Å²) in [7, 11) is 0. The van der Waals surface area contributed by atoms with Crippen molar-refractivity contribution in [1.82, 2.24) is 0 Å². The molecule has 0 bridgehead atoms. The smallest absolute Gasteiger partial charge is 0.292 e. The first-order chi connectivity index (χ1) is 9.35. The van der Waals surface area contributed by atoms with Crippen LogP contribution in [-0.4, -0.2) is 21.7 Å². The summed E-state index contributed by atoms with van der Waals surface area (Å²) in [4.78, 5) is 10.9. The molecule has 1 aliphatic carbocycles. The summed E-state index contributed by atoms with van der Waals surface area (Å²) in [6, 6.07) is 5.52. The highest BCUT2D eigenvalue weighted by molar-refractivity contribution is 5.63. The fourth-order valence-corrected chi connectivity index (χ4v) is 2.75. The van der Waals surface area contributed by atoms with Crippen molar-refractivity contribution in [3.8, 4) is 0 Å². The number of rotatable bonds is 5. The lowest BCUT2D eigenvalue weighted by molar-refractivity contribution is -0.384. The minimum atomic E-state index is -0.867. The molecule has 1 fully saturated rings. The number of aliphatic hydroxyl groups is 1. The standard InChI is InChI=1S/C15H22N2O3/c1-15(2,18)10-11-7-8-13(14(9-11)17(19)20)16-12-5-3-4-6-12/h7-9,12,16,18H,3-6,10H2,1-2H3. The molecule has 5 heteroatoms. The molecule has 0 aliphatic heterocycles. The Labute approximate surface area is 119 Å². The van der Waals surface area contributed by atoms with E-state index in [0.717, 1.165) is 18.4 Å². The van der Waals surface area contributed by atoms with Gasteiger partial charge in [-0.1, -0.05) is 18.9 Å². The van der Waals surface area contributed by atoms with Crippen molar-refractivity contribution in [3.05, 3.63) is 33.9 Å². The van der Waals surface area contributed by atoms with Crippen molar-refractivity contribution in [2.24, 2.45) is 0 Å². The Morgan fingerprint density at radius 1 is 1.40 bits per heavy atom. The van der Waals surface area contributed by atoms with Gasteiger partial charge in [-0.25, -0.2) is 0 Å². The minimum Gasteiger partial charge on any atom is -0.390 e. The summed E-state index contributed by atoms with van der Waals surface area (Å²) in [6.07, 6.45) is 4.91. The van der Waals surface area contributed by atoms with Gasteiger partial charge in [0.2, 0.25) is 0 Å². The quantitative estimate of drug-likeness (QED) is 0.640. The van der Waals surface area contributed by atoms with Crippen LogP contribution in [0.5, 0.6) is 0 Å². The Bertz CT molecular complexity index is 488. The van der Waals surface area contributed by atoms with Gasteiger partial charge in [-0.05, 0) is 38.3 Å². The van der Waals surface area contributed by atoms with Crippen molar-refractivity contribution in [3.63, 3.8) is 0 Å². The molecule has 0 amide bonds. The van der Waals surface area contributed by atoms with Gasteiger partial charge in [-0.2, -0.15) is 0 Å². The Hall–Kier alpha value is -1.62. The van der Waals surface area contributed by atoms with E-state index in [1.54, 1.807) is 26.0 Å².